The van der Waals surface area contributed by atoms with Crippen LogP contribution in [0.4, 0.5) is 4.39 Å². The Morgan fingerprint density at radius 2 is 1.71 bits per heavy atom. The number of rotatable bonds is 4. The van der Waals surface area contributed by atoms with Crippen molar-refractivity contribution in [2.24, 2.45) is 0 Å². The number of nitrogens with one attached hydrogen (secondary N) is 1. The second-order valence-electron chi connectivity index (χ2n) is 5.55. The number of hydrogen-bond acceptors (Lipinski definition) is 4. The summed E-state index contributed by atoms with van der Waals surface area (Å²) in [5.41, 5.74) is 0.675. The number of benzene rings is 2. The molecule has 2 aromatic rings. The summed E-state index contributed by atoms with van der Waals surface area (Å²) in [6.07, 6.45) is 0.747. The first kappa shape index (κ1) is 16.7. The van der Waals surface area contributed by atoms with E-state index in [-0.39, 0.29) is 10.7 Å². The topological polar surface area (TPSA) is 64.6 Å². The van der Waals surface area contributed by atoms with Crippen molar-refractivity contribution in [2.75, 3.05) is 13.2 Å². The van der Waals surface area contributed by atoms with Gasteiger partial charge in [-0.3, -0.25) is 0 Å². The average Bonchev–Trinajstić information content (AvgIpc) is 2.79. The lowest BCUT2D eigenvalue weighted by Gasteiger charge is -2.16. The maximum Gasteiger partial charge on any atom is 0.241 e. The summed E-state index contributed by atoms with van der Waals surface area (Å²) in [4.78, 5) is 0.0979. The summed E-state index contributed by atoms with van der Waals surface area (Å²) >= 11 is 0. The average molecular weight is 351 g/mol. The molecule has 7 heteroatoms. The fourth-order valence-corrected chi connectivity index (χ4v) is 3.68. The first-order chi connectivity index (χ1) is 11.5. The van der Waals surface area contributed by atoms with Gasteiger partial charge in [-0.25, -0.2) is 17.5 Å². The predicted molar refractivity (Wildman–Crippen MR) is 87.2 cm³/mol. The van der Waals surface area contributed by atoms with Gasteiger partial charge >= 0.3 is 0 Å². The SMILES string of the molecule is CC(NS(=O)(=O)c1ccc2c(c1)OCCCO2)c1ccc(F)cc1. The van der Waals surface area contributed by atoms with E-state index in [0.717, 1.165) is 6.42 Å². The Labute approximate surface area is 140 Å². The van der Waals surface area contributed by atoms with Gasteiger partial charge in [-0.2, -0.15) is 0 Å². The quantitative estimate of drug-likeness (QED) is 0.920. The van der Waals surface area contributed by atoms with Crippen LogP contribution in [0.5, 0.6) is 11.5 Å². The number of sulfonamides is 1. The van der Waals surface area contributed by atoms with Crippen LogP contribution in [-0.2, 0) is 10.0 Å². The van der Waals surface area contributed by atoms with Crippen molar-refractivity contribution >= 4 is 10.0 Å². The molecule has 3 rings (SSSR count). The third kappa shape index (κ3) is 3.68. The number of fused-ring (bicyclic) bond motifs is 1. The van der Waals surface area contributed by atoms with E-state index in [1.807, 2.05) is 0 Å². The minimum absolute atomic E-state index is 0.0979. The van der Waals surface area contributed by atoms with Gasteiger partial charge in [-0.05, 0) is 36.8 Å². The zero-order valence-electron chi connectivity index (χ0n) is 13.2. The molecular formula is C17H18FNO4S. The summed E-state index contributed by atoms with van der Waals surface area (Å²) < 4.78 is 51.7. The molecule has 0 fully saturated rings. The van der Waals surface area contributed by atoms with Gasteiger partial charge in [0, 0.05) is 18.5 Å². The van der Waals surface area contributed by atoms with Crippen molar-refractivity contribution in [3.05, 3.63) is 53.8 Å². The van der Waals surface area contributed by atoms with E-state index in [4.69, 9.17) is 9.47 Å². The predicted octanol–water partition coefficient (Wildman–Crippen LogP) is 3.03. The zero-order chi connectivity index (χ0) is 17.2. The van der Waals surface area contributed by atoms with E-state index < -0.39 is 16.1 Å². The fraction of sp³-hybridized carbons (Fsp3) is 0.294. The molecule has 128 valence electrons. The summed E-state index contributed by atoms with van der Waals surface area (Å²) in [6, 6.07) is 9.74. The Kier molecular flexibility index (Phi) is 4.73. The maximum atomic E-state index is 13.0. The largest absolute Gasteiger partial charge is 0.490 e. The van der Waals surface area contributed by atoms with Crippen LogP contribution >= 0.6 is 0 Å². The first-order valence-electron chi connectivity index (χ1n) is 7.63. The number of ether oxygens (including phenoxy) is 2. The Hall–Kier alpha value is -2.12. The molecular weight excluding hydrogens is 333 g/mol. The highest BCUT2D eigenvalue weighted by Gasteiger charge is 2.21. The van der Waals surface area contributed by atoms with Crippen LogP contribution in [0.1, 0.15) is 24.9 Å². The molecule has 1 atom stereocenters. The minimum atomic E-state index is -3.74. The lowest BCUT2D eigenvalue weighted by molar-refractivity contribution is 0.297. The molecule has 0 spiro atoms. The molecule has 1 heterocycles. The van der Waals surface area contributed by atoms with E-state index in [1.165, 1.54) is 24.3 Å². The van der Waals surface area contributed by atoms with Crippen molar-refractivity contribution in [3.8, 4) is 11.5 Å². The Morgan fingerprint density at radius 1 is 1.04 bits per heavy atom. The maximum absolute atomic E-state index is 13.0. The monoisotopic (exact) mass is 351 g/mol. The van der Waals surface area contributed by atoms with Crippen LogP contribution in [0, 0.1) is 5.82 Å². The summed E-state index contributed by atoms with van der Waals surface area (Å²) in [5, 5.41) is 0. The Morgan fingerprint density at radius 3 is 2.42 bits per heavy atom. The van der Waals surface area contributed by atoms with Gasteiger partial charge in [-0.1, -0.05) is 12.1 Å². The van der Waals surface area contributed by atoms with Crippen LogP contribution in [0.3, 0.4) is 0 Å². The normalized spacial score (nSPS) is 15.6. The molecule has 5 nitrogen and oxygen atoms in total. The van der Waals surface area contributed by atoms with Crippen molar-refractivity contribution in [1.82, 2.24) is 4.72 Å². The van der Waals surface area contributed by atoms with Gasteiger partial charge in [0.15, 0.2) is 11.5 Å². The number of halogens is 1. The summed E-state index contributed by atoms with van der Waals surface area (Å²) in [5.74, 6) is 0.597. The van der Waals surface area contributed by atoms with Gasteiger partial charge in [0.05, 0.1) is 18.1 Å². The molecule has 1 aliphatic rings. The second-order valence-corrected chi connectivity index (χ2v) is 7.27. The molecule has 1 aliphatic heterocycles. The highest BCUT2D eigenvalue weighted by atomic mass is 32.2. The molecule has 0 saturated heterocycles. The van der Waals surface area contributed by atoms with Crippen LogP contribution in [0.25, 0.3) is 0 Å². The highest BCUT2D eigenvalue weighted by molar-refractivity contribution is 7.89. The molecule has 24 heavy (non-hydrogen) atoms. The molecule has 0 amide bonds. The van der Waals surface area contributed by atoms with Gasteiger partial charge in [-0.15, -0.1) is 0 Å². The molecule has 0 saturated carbocycles. The fourth-order valence-electron chi connectivity index (χ4n) is 2.43. The molecule has 0 bridgehead atoms. The van der Waals surface area contributed by atoms with Gasteiger partial charge in [0.2, 0.25) is 10.0 Å². The van der Waals surface area contributed by atoms with E-state index in [1.54, 1.807) is 25.1 Å². The third-order valence-electron chi connectivity index (χ3n) is 3.73. The molecule has 0 aromatic heterocycles. The summed E-state index contributed by atoms with van der Waals surface area (Å²) in [7, 11) is -3.74. The Balaban J connectivity index is 1.82. The molecule has 1 N–H and O–H groups in total. The smallest absolute Gasteiger partial charge is 0.241 e. The van der Waals surface area contributed by atoms with Crippen molar-refractivity contribution in [3.63, 3.8) is 0 Å². The second kappa shape index (κ2) is 6.78. The van der Waals surface area contributed by atoms with Gasteiger partial charge in [0.25, 0.3) is 0 Å². The molecule has 2 aromatic carbocycles. The molecule has 0 aliphatic carbocycles. The lowest BCUT2D eigenvalue weighted by atomic mass is 10.1. The van der Waals surface area contributed by atoms with Crippen LogP contribution in [0.2, 0.25) is 0 Å². The van der Waals surface area contributed by atoms with Crippen molar-refractivity contribution in [1.29, 1.82) is 0 Å². The number of hydrogen-bond donors (Lipinski definition) is 1. The lowest BCUT2D eigenvalue weighted by Crippen LogP contribution is -2.26. The van der Waals surface area contributed by atoms with E-state index in [2.05, 4.69) is 4.72 Å². The van der Waals surface area contributed by atoms with E-state index in [9.17, 15) is 12.8 Å². The Bertz CT molecular complexity index is 821. The van der Waals surface area contributed by atoms with Crippen LogP contribution < -0.4 is 14.2 Å². The van der Waals surface area contributed by atoms with Crippen molar-refractivity contribution in [2.45, 2.75) is 24.3 Å². The standard InChI is InChI=1S/C17H18FNO4S/c1-12(13-3-5-14(18)6-4-13)19-24(20,21)15-7-8-16-17(11-15)23-10-2-9-22-16/h3-8,11-12,19H,2,9-10H2,1H3. The first-order valence-corrected chi connectivity index (χ1v) is 9.11. The van der Waals surface area contributed by atoms with E-state index in [0.29, 0.717) is 30.3 Å². The summed E-state index contributed by atoms with van der Waals surface area (Å²) in [6.45, 7) is 2.72. The van der Waals surface area contributed by atoms with Crippen molar-refractivity contribution < 1.29 is 22.3 Å². The van der Waals surface area contributed by atoms with Gasteiger partial charge in [0.1, 0.15) is 5.82 Å². The van der Waals surface area contributed by atoms with Crippen LogP contribution in [0.15, 0.2) is 47.4 Å². The third-order valence-corrected chi connectivity index (χ3v) is 5.27. The molecule has 0 radical (unpaired) electrons. The minimum Gasteiger partial charge on any atom is -0.490 e. The van der Waals surface area contributed by atoms with Gasteiger partial charge < -0.3 is 9.47 Å². The molecule has 1 unspecified atom stereocenters. The van der Waals surface area contributed by atoms with Crippen LogP contribution in [-0.4, -0.2) is 21.6 Å². The van der Waals surface area contributed by atoms with E-state index >= 15 is 0 Å². The highest BCUT2D eigenvalue weighted by Crippen LogP contribution is 2.32. The zero-order valence-corrected chi connectivity index (χ0v) is 14.0.